The minimum absolute atomic E-state index is 0.0141. The van der Waals surface area contributed by atoms with Gasteiger partial charge in [-0.3, -0.25) is 14.7 Å². The van der Waals surface area contributed by atoms with E-state index < -0.39 is 17.7 Å². The molecule has 0 spiro atoms. The molecule has 1 amide bonds. The number of phenolic OH excluding ortho intramolecular Hbond substituents is 1. The molecule has 11 nitrogen and oxygen atoms in total. The minimum Gasteiger partial charge on any atom is -0.508 e. The highest BCUT2D eigenvalue weighted by atomic mass is 19.1. The Morgan fingerprint density at radius 1 is 1.18 bits per heavy atom. The smallest absolute Gasteiger partial charge is 0.319 e. The van der Waals surface area contributed by atoms with Crippen LogP contribution in [0.2, 0.25) is 0 Å². The molecule has 4 heterocycles. The number of halogens is 2. The van der Waals surface area contributed by atoms with E-state index in [1.165, 1.54) is 36.5 Å². The van der Waals surface area contributed by atoms with Crippen LogP contribution in [0.4, 0.5) is 14.6 Å². The summed E-state index contributed by atoms with van der Waals surface area (Å²) in [7, 11) is 0. The van der Waals surface area contributed by atoms with E-state index in [2.05, 4.69) is 32.7 Å². The highest BCUT2D eigenvalue weighted by molar-refractivity contribution is 6.03. The maximum absolute atomic E-state index is 16.9. The van der Waals surface area contributed by atoms with Gasteiger partial charge in [0, 0.05) is 55.3 Å². The minimum atomic E-state index is -0.817. The van der Waals surface area contributed by atoms with Gasteiger partial charge in [0.1, 0.15) is 28.6 Å². The Labute approximate surface area is 281 Å². The third kappa shape index (κ3) is 6.72. The molecular weight excluding hydrogens is 634 g/mol. The van der Waals surface area contributed by atoms with Crippen LogP contribution in [0.15, 0.2) is 43.1 Å². The molecule has 7 rings (SSSR count). The van der Waals surface area contributed by atoms with Crippen molar-refractivity contribution in [2.75, 3.05) is 70.7 Å². The predicted octanol–water partition coefficient (Wildman–Crippen LogP) is 3.81. The first-order chi connectivity index (χ1) is 23.8. The first-order valence-corrected chi connectivity index (χ1v) is 16.2. The van der Waals surface area contributed by atoms with Gasteiger partial charge in [-0.05, 0) is 42.5 Å². The number of ether oxygens (including phenoxy) is 3. The van der Waals surface area contributed by atoms with E-state index in [9.17, 15) is 14.3 Å². The van der Waals surface area contributed by atoms with Crippen LogP contribution in [0.25, 0.3) is 32.9 Å². The molecule has 2 saturated heterocycles. The van der Waals surface area contributed by atoms with Crippen molar-refractivity contribution in [3.05, 3.63) is 60.3 Å². The van der Waals surface area contributed by atoms with Gasteiger partial charge in [0.25, 0.3) is 0 Å². The number of aromatic hydroxyl groups is 1. The number of nitrogens with one attached hydrogen (secondary N) is 1. The summed E-state index contributed by atoms with van der Waals surface area (Å²) in [6.45, 7) is 9.12. The first kappa shape index (κ1) is 32.6. The number of terminal acetylenes is 1. The number of amides is 1. The molecule has 1 saturated carbocycles. The van der Waals surface area contributed by atoms with Gasteiger partial charge in [-0.1, -0.05) is 18.6 Å². The molecule has 0 unspecified atom stereocenters. The molecule has 1 aliphatic carbocycles. The number of hydrogen-bond donors (Lipinski definition) is 2. The van der Waals surface area contributed by atoms with Crippen LogP contribution in [0, 0.1) is 29.4 Å². The molecule has 254 valence electrons. The van der Waals surface area contributed by atoms with E-state index in [0.29, 0.717) is 56.1 Å². The van der Waals surface area contributed by atoms with Crippen molar-refractivity contribution in [1.29, 1.82) is 0 Å². The lowest BCUT2D eigenvalue weighted by atomic mass is 9.96. The topological polar surface area (TPSA) is 122 Å². The zero-order valence-corrected chi connectivity index (χ0v) is 26.9. The Balaban J connectivity index is 1.32. The number of fused-ring (bicyclic) bond motifs is 2. The van der Waals surface area contributed by atoms with E-state index >= 15 is 4.39 Å². The average molecular weight is 671 g/mol. The monoisotopic (exact) mass is 670 g/mol. The van der Waals surface area contributed by atoms with Crippen molar-refractivity contribution in [3.8, 4) is 35.4 Å². The number of nitrogens with zero attached hydrogens (tertiary/aromatic N) is 5. The SMILES string of the molecule is C#Cc1c(F)ccc2cc(O)cc(-c3ncc4c(N5CCOC[C@@H](NC(=O)C=C)C5)nc(OCC5(CN6CCOCC6)CC5)nc4c3F)c12. The first-order valence-electron chi connectivity index (χ1n) is 16.2. The van der Waals surface area contributed by atoms with Gasteiger partial charge in [-0.25, -0.2) is 8.78 Å². The molecule has 3 fully saturated rings. The number of carbonyl (C=O) groups excluding carboxylic acids is 1. The van der Waals surface area contributed by atoms with Crippen LogP contribution in [0.1, 0.15) is 18.4 Å². The maximum Gasteiger partial charge on any atom is 0.319 e. The number of morpholine rings is 1. The van der Waals surface area contributed by atoms with Gasteiger partial charge < -0.3 is 29.5 Å². The Hall–Kier alpha value is -4.90. The molecular formula is C36H36F2N6O5. The Morgan fingerprint density at radius 3 is 2.73 bits per heavy atom. The van der Waals surface area contributed by atoms with Crippen molar-refractivity contribution >= 4 is 33.4 Å². The number of anilines is 1. The normalized spacial score (nSPS) is 19.3. The Kier molecular flexibility index (Phi) is 9.02. The van der Waals surface area contributed by atoms with E-state index in [-0.39, 0.29) is 57.4 Å². The van der Waals surface area contributed by atoms with Crippen LogP contribution < -0.4 is 15.0 Å². The van der Waals surface area contributed by atoms with Crippen LogP contribution in [0.3, 0.4) is 0 Å². The summed E-state index contributed by atoms with van der Waals surface area (Å²) in [4.78, 5) is 30.2. The molecule has 4 aromatic rings. The summed E-state index contributed by atoms with van der Waals surface area (Å²) < 4.78 is 49.3. The van der Waals surface area contributed by atoms with Gasteiger partial charge in [0.05, 0.1) is 50.0 Å². The molecule has 3 aliphatic rings. The van der Waals surface area contributed by atoms with E-state index in [4.69, 9.17) is 25.6 Å². The summed E-state index contributed by atoms with van der Waals surface area (Å²) in [5.41, 5.74) is -0.275. The summed E-state index contributed by atoms with van der Waals surface area (Å²) in [5.74, 6) is 0.729. The van der Waals surface area contributed by atoms with E-state index in [1.54, 1.807) is 0 Å². The van der Waals surface area contributed by atoms with Crippen LogP contribution in [-0.4, -0.2) is 103 Å². The van der Waals surface area contributed by atoms with E-state index in [1.807, 2.05) is 4.90 Å². The molecule has 2 aliphatic heterocycles. The fourth-order valence-corrected chi connectivity index (χ4v) is 6.59. The quantitative estimate of drug-likeness (QED) is 0.201. The Bertz CT molecular complexity index is 1970. The number of benzene rings is 2. The highest BCUT2D eigenvalue weighted by Gasteiger charge is 2.45. The van der Waals surface area contributed by atoms with Crippen LogP contribution >= 0.6 is 0 Å². The van der Waals surface area contributed by atoms with Crippen molar-refractivity contribution in [2.24, 2.45) is 5.41 Å². The molecule has 2 aromatic heterocycles. The second-order valence-electron chi connectivity index (χ2n) is 12.8. The molecule has 1 atom stereocenters. The van der Waals surface area contributed by atoms with Crippen molar-refractivity contribution in [1.82, 2.24) is 25.2 Å². The summed E-state index contributed by atoms with van der Waals surface area (Å²) >= 11 is 0. The lowest BCUT2D eigenvalue weighted by Crippen LogP contribution is -2.44. The van der Waals surface area contributed by atoms with E-state index in [0.717, 1.165) is 32.5 Å². The molecule has 0 bridgehead atoms. The molecule has 13 heteroatoms. The van der Waals surface area contributed by atoms with Crippen LogP contribution in [-0.2, 0) is 14.3 Å². The van der Waals surface area contributed by atoms with Gasteiger partial charge in [-0.2, -0.15) is 9.97 Å². The third-order valence-corrected chi connectivity index (χ3v) is 9.32. The van der Waals surface area contributed by atoms with Gasteiger partial charge >= 0.3 is 6.01 Å². The lowest BCUT2D eigenvalue weighted by Gasteiger charge is -2.30. The summed E-state index contributed by atoms with van der Waals surface area (Å²) in [6.07, 6.45) is 10.3. The van der Waals surface area contributed by atoms with Crippen molar-refractivity contribution in [3.63, 3.8) is 0 Å². The summed E-state index contributed by atoms with van der Waals surface area (Å²) in [5, 5.41) is 14.4. The molecule has 49 heavy (non-hydrogen) atoms. The lowest BCUT2D eigenvalue weighted by molar-refractivity contribution is -0.117. The van der Waals surface area contributed by atoms with Crippen molar-refractivity contribution in [2.45, 2.75) is 18.9 Å². The average Bonchev–Trinajstić information content (AvgIpc) is 3.91. The molecule has 0 radical (unpaired) electrons. The number of phenols is 1. The predicted molar refractivity (Wildman–Crippen MR) is 179 cm³/mol. The maximum atomic E-state index is 16.9. The third-order valence-electron chi connectivity index (χ3n) is 9.32. The number of rotatable bonds is 9. The Morgan fingerprint density at radius 2 is 1.98 bits per heavy atom. The number of carbonyl (C=O) groups is 1. The zero-order chi connectivity index (χ0) is 34.1. The zero-order valence-electron chi connectivity index (χ0n) is 26.9. The molecule has 2 N–H and O–H groups in total. The van der Waals surface area contributed by atoms with Gasteiger partial charge in [0.15, 0.2) is 5.82 Å². The number of aromatic nitrogens is 3. The van der Waals surface area contributed by atoms with Gasteiger partial charge in [0.2, 0.25) is 5.91 Å². The van der Waals surface area contributed by atoms with Crippen LogP contribution in [0.5, 0.6) is 11.8 Å². The highest BCUT2D eigenvalue weighted by Crippen LogP contribution is 2.47. The largest absolute Gasteiger partial charge is 0.508 e. The molecule has 2 aromatic carbocycles. The fraction of sp³-hybridized carbons (Fsp3) is 0.389. The summed E-state index contributed by atoms with van der Waals surface area (Å²) in [6, 6.07) is 4.99. The number of pyridine rings is 1. The number of hydrogen-bond acceptors (Lipinski definition) is 10. The fourth-order valence-electron chi connectivity index (χ4n) is 6.59. The van der Waals surface area contributed by atoms with Crippen molar-refractivity contribution < 1.29 is 32.9 Å². The van der Waals surface area contributed by atoms with Gasteiger partial charge in [-0.15, -0.1) is 6.42 Å². The second kappa shape index (κ2) is 13.5. The standard InChI is InChI=1S/C36H36F2N6O5/c1-3-25-28(37)6-5-22-15-24(45)16-26(30(22)25)32-31(38)33-27(17-39-32)34(44-11-14-48-19-23(18-44)40-29(46)4-2)42-35(41-33)49-21-36(7-8-36)20-43-9-12-47-13-10-43/h1,4-6,15-17,23,45H,2,7-14,18-21H2,(H,40,46)/t23-/m0/s1. The second-order valence-corrected chi connectivity index (χ2v) is 12.8.